The molecule has 0 bridgehead atoms. The standard InChI is InChI=1S/C12H13NO4/c1-8(14)17-11(9-5-3-2-4-6-9)10-7-16-12(15)13-10/h2-6,10-11H,7H2,1H3,(H,13,15). The van der Waals surface area contributed by atoms with Crippen molar-refractivity contribution < 1.29 is 19.1 Å². The zero-order chi connectivity index (χ0) is 12.3. The van der Waals surface area contributed by atoms with Crippen molar-refractivity contribution >= 4 is 12.1 Å². The summed E-state index contributed by atoms with van der Waals surface area (Å²) in [6.07, 6.45) is -0.997. The molecular weight excluding hydrogens is 222 g/mol. The number of cyclic esters (lactones) is 1. The zero-order valence-corrected chi connectivity index (χ0v) is 9.38. The van der Waals surface area contributed by atoms with Gasteiger partial charge in [-0.25, -0.2) is 4.79 Å². The number of rotatable bonds is 3. The van der Waals surface area contributed by atoms with Crippen LogP contribution in [0.15, 0.2) is 30.3 Å². The highest BCUT2D eigenvalue weighted by molar-refractivity contribution is 5.70. The summed E-state index contributed by atoms with van der Waals surface area (Å²) in [5.41, 5.74) is 0.832. The van der Waals surface area contributed by atoms with E-state index >= 15 is 0 Å². The van der Waals surface area contributed by atoms with E-state index in [1.807, 2.05) is 30.3 Å². The number of amides is 1. The Morgan fingerprint density at radius 3 is 2.71 bits per heavy atom. The summed E-state index contributed by atoms with van der Waals surface area (Å²) >= 11 is 0. The number of benzene rings is 1. The lowest BCUT2D eigenvalue weighted by atomic mass is 10.0. The van der Waals surface area contributed by atoms with E-state index in [-0.39, 0.29) is 18.6 Å². The third-order valence-electron chi connectivity index (χ3n) is 2.48. The van der Waals surface area contributed by atoms with E-state index in [2.05, 4.69) is 5.32 Å². The molecule has 0 saturated carbocycles. The second kappa shape index (κ2) is 4.86. The number of esters is 1. The second-order valence-corrected chi connectivity index (χ2v) is 3.79. The van der Waals surface area contributed by atoms with Crippen LogP contribution in [-0.4, -0.2) is 24.7 Å². The Bertz CT molecular complexity index is 418. The van der Waals surface area contributed by atoms with Gasteiger partial charge in [0.05, 0.1) is 0 Å². The van der Waals surface area contributed by atoms with Crippen molar-refractivity contribution in [1.29, 1.82) is 0 Å². The number of nitrogens with one attached hydrogen (secondary N) is 1. The smallest absolute Gasteiger partial charge is 0.407 e. The van der Waals surface area contributed by atoms with Gasteiger partial charge in [0.2, 0.25) is 0 Å². The monoisotopic (exact) mass is 235 g/mol. The third kappa shape index (κ3) is 2.75. The lowest BCUT2D eigenvalue weighted by Crippen LogP contribution is -2.34. The quantitative estimate of drug-likeness (QED) is 0.804. The zero-order valence-electron chi connectivity index (χ0n) is 9.38. The van der Waals surface area contributed by atoms with Crippen LogP contribution in [0.4, 0.5) is 4.79 Å². The SMILES string of the molecule is CC(=O)OC(c1ccccc1)C1COC(=O)N1. The van der Waals surface area contributed by atoms with Crippen molar-refractivity contribution in [2.45, 2.75) is 19.1 Å². The van der Waals surface area contributed by atoms with Gasteiger partial charge in [-0.05, 0) is 5.56 Å². The molecule has 1 heterocycles. The van der Waals surface area contributed by atoms with Crippen molar-refractivity contribution in [1.82, 2.24) is 5.32 Å². The van der Waals surface area contributed by atoms with Crippen LogP contribution in [0.3, 0.4) is 0 Å². The highest BCUT2D eigenvalue weighted by Crippen LogP contribution is 2.24. The van der Waals surface area contributed by atoms with Gasteiger partial charge < -0.3 is 14.8 Å². The average molecular weight is 235 g/mol. The van der Waals surface area contributed by atoms with Gasteiger partial charge in [-0.2, -0.15) is 0 Å². The van der Waals surface area contributed by atoms with Crippen molar-refractivity contribution in [3.05, 3.63) is 35.9 Å². The van der Waals surface area contributed by atoms with Gasteiger partial charge in [-0.15, -0.1) is 0 Å². The molecule has 5 heteroatoms. The lowest BCUT2D eigenvalue weighted by molar-refractivity contribution is -0.148. The summed E-state index contributed by atoms with van der Waals surface area (Å²) < 4.78 is 10.0. The summed E-state index contributed by atoms with van der Waals surface area (Å²) in [6, 6.07) is 8.93. The van der Waals surface area contributed by atoms with E-state index in [1.54, 1.807) is 0 Å². The normalized spacial score (nSPS) is 20.3. The lowest BCUT2D eigenvalue weighted by Gasteiger charge is -2.21. The summed E-state index contributed by atoms with van der Waals surface area (Å²) in [5, 5.41) is 2.62. The Balaban J connectivity index is 2.19. The highest BCUT2D eigenvalue weighted by Gasteiger charge is 2.33. The minimum absolute atomic E-state index is 0.200. The highest BCUT2D eigenvalue weighted by atomic mass is 16.6. The number of carbonyl (C=O) groups is 2. The number of hydrogen-bond donors (Lipinski definition) is 1. The topological polar surface area (TPSA) is 64.6 Å². The summed E-state index contributed by atoms with van der Waals surface area (Å²) in [6.45, 7) is 1.54. The van der Waals surface area contributed by atoms with E-state index in [9.17, 15) is 9.59 Å². The molecule has 17 heavy (non-hydrogen) atoms. The predicted octanol–water partition coefficient (Wildman–Crippen LogP) is 1.40. The molecule has 1 aromatic rings. The summed E-state index contributed by atoms with van der Waals surface area (Å²) in [4.78, 5) is 22.1. The maximum atomic E-state index is 11.1. The molecule has 2 rings (SSSR count). The first-order valence-electron chi connectivity index (χ1n) is 5.32. The summed E-state index contributed by atoms with van der Waals surface area (Å²) in [5.74, 6) is -0.389. The van der Waals surface area contributed by atoms with E-state index in [0.717, 1.165) is 5.56 Å². The first-order valence-corrected chi connectivity index (χ1v) is 5.32. The third-order valence-corrected chi connectivity index (χ3v) is 2.48. The maximum Gasteiger partial charge on any atom is 0.407 e. The van der Waals surface area contributed by atoms with Gasteiger partial charge in [0.15, 0.2) is 6.10 Å². The van der Waals surface area contributed by atoms with Crippen LogP contribution < -0.4 is 5.32 Å². The van der Waals surface area contributed by atoms with E-state index in [4.69, 9.17) is 9.47 Å². The van der Waals surface area contributed by atoms with Gasteiger partial charge in [0.1, 0.15) is 12.6 Å². The molecule has 1 aromatic carbocycles. The Kier molecular flexibility index (Phi) is 3.27. The van der Waals surface area contributed by atoms with Gasteiger partial charge in [0, 0.05) is 6.92 Å². The molecule has 1 aliphatic heterocycles. The number of ether oxygens (including phenoxy) is 2. The Morgan fingerprint density at radius 1 is 1.47 bits per heavy atom. The molecule has 1 amide bonds. The molecule has 1 saturated heterocycles. The average Bonchev–Trinajstić information content (AvgIpc) is 2.73. The molecule has 0 aromatic heterocycles. The fraction of sp³-hybridized carbons (Fsp3) is 0.333. The van der Waals surface area contributed by atoms with E-state index < -0.39 is 12.2 Å². The van der Waals surface area contributed by atoms with Crippen LogP contribution in [0.25, 0.3) is 0 Å². The molecule has 2 unspecified atom stereocenters. The number of alkyl carbamates (subject to hydrolysis) is 1. The van der Waals surface area contributed by atoms with Crippen LogP contribution in [0, 0.1) is 0 Å². The molecule has 90 valence electrons. The van der Waals surface area contributed by atoms with Crippen LogP contribution >= 0.6 is 0 Å². The summed E-state index contributed by atoms with van der Waals surface area (Å²) in [7, 11) is 0. The van der Waals surface area contributed by atoms with Crippen molar-refractivity contribution in [3.63, 3.8) is 0 Å². The van der Waals surface area contributed by atoms with Crippen molar-refractivity contribution in [2.24, 2.45) is 0 Å². The van der Waals surface area contributed by atoms with Gasteiger partial charge in [-0.1, -0.05) is 30.3 Å². The van der Waals surface area contributed by atoms with Gasteiger partial charge in [0.25, 0.3) is 0 Å². The molecule has 5 nitrogen and oxygen atoms in total. The molecular formula is C12H13NO4. The Hall–Kier alpha value is -2.04. The molecule has 0 radical (unpaired) electrons. The largest absolute Gasteiger partial charge is 0.455 e. The Morgan fingerprint density at radius 2 is 2.18 bits per heavy atom. The molecule has 2 atom stereocenters. The fourth-order valence-electron chi connectivity index (χ4n) is 1.77. The van der Waals surface area contributed by atoms with Gasteiger partial charge in [-0.3, -0.25) is 4.79 Å². The van der Waals surface area contributed by atoms with Crippen molar-refractivity contribution in [3.8, 4) is 0 Å². The molecule has 1 N–H and O–H groups in total. The number of carbonyl (C=O) groups excluding carboxylic acids is 2. The van der Waals surface area contributed by atoms with Crippen LogP contribution in [0.1, 0.15) is 18.6 Å². The maximum absolute atomic E-state index is 11.1. The number of hydrogen-bond acceptors (Lipinski definition) is 4. The van der Waals surface area contributed by atoms with Crippen molar-refractivity contribution in [2.75, 3.05) is 6.61 Å². The van der Waals surface area contributed by atoms with E-state index in [1.165, 1.54) is 6.92 Å². The van der Waals surface area contributed by atoms with E-state index in [0.29, 0.717) is 0 Å². The minimum Gasteiger partial charge on any atom is -0.455 e. The van der Waals surface area contributed by atoms with Gasteiger partial charge >= 0.3 is 12.1 Å². The fourth-order valence-corrected chi connectivity index (χ4v) is 1.77. The Labute approximate surface area is 98.7 Å². The molecule has 0 spiro atoms. The first kappa shape index (κ1) is 11.4. The first-order chi connectivity index (χ1) is 8.16. The van der Waals surface area contributed by atoms with Crippen LogP contribution in [-0.2, 0) is 14.3 Å². The molecule has 1 fully saturated rings. The second-order valence-electron chi connectivity index (χ2n) is 3.79. The minimum atomic E-state index is -0.514. The van der Waals surface area contributed by atoms with Crippen LogP contribution in [0.5, 0.6) is 0 Å². The molecule has 1 aliphatic rings. The molecule has 0 aliphatic carbocycles. The predicted molar refractivity (Wildman–Crippen MR) is 59.2 cm³/mol. The van der Waals surface area contributed by atoms with Crippen LogP contribution in [0.2, 0.25) is 0 Å².